The van der Waals surface area contributed by atoms with E-state index in [9.17, 15) is 9.90 Å². The second-order valence-electron chi connectivity index (χ2n) is 4.88. The molecule has 0 heterocycles. The summed E-state index contributed by atoms with van der Waals surface area (Å²) in [5, 5.41) is 9.73. The Kier molecular flexibility index (Phi) is 5.13. The number of aliphatic hydroxyl groups excluding tert-OH is 1. The van der Waals surface area contributed by atoms with Crippen LogP contribution in [0.5, 0.6) is 0 Å². The van der Waals surface area contributed by atoms with Gasteiger partial charge in [-0.1, -0.05) is 34.1 Å². The van der Waals surface area contributed by atoms with Gasteiger partial charge in [-0.3, -0.25) is 4.79 Å². The molecule has 0 aliphatic carbocycles. The van der Waals surface area contributed by atoms with Crippen molar-refractivity contribution in [1.82, 2.24) is 4.90 Å². The monoisotopic (exact) mass is 201 g/mol. The number of amides is 1. The molecule has 0 radical (unpaired) electrons. The van der Waals surface area contributed by atoms with Crippen molar-refractivity contribution in [3.63, 3.8) is 0 Å². The van der Waals surface area contributed by atoms with Crippen molar-refractivity contribution in [2.24, 2.45) is 5.41 Å². The number of hydrogen-bond acceptors (Lipinski definition) is 2. The standard InChI is InChI=1S/C11H23NO2/c1-6-7-8-12(5)10(14)9(13)11(2,3)4/h9,13H,6-8H2,1-5H3. The van der Waals surface area contributed by atoms with Crippen LogP contribution in [0.1, 0.15) is 40.5 Å². The van der Waals surface area contributed by atoms with E-state index < -0.39 is 6.10 Å². The summed E-state index contributed by atoms with van der Waals surface area (Å²) < 4.78 is 0. The molecule has 0 fully saturated rings. The van der Waals surface area contributed by atoms with Gasteiger partial charge in [0.25, 0.3) is 5.91 Å². The van der Waals surface area contributed by atoms with Crippen molar-refractivity contribution < 1.29 is 9.90 Å². The maximum atomic E-state index is 11.7. The Balaban J connectivity index is 4.18. The Morgan fingerprint density at radius 2 is 1.93 bits per heavy atom. The predicted octanol–water partition coefficient (Wildman–Crippen LogP) is 1.65. The number of carbonyl (C=O) groups is 1. The van der Waals surface area contributed by atoms with Crippen LogP contribution >= 0.6 is 0 Å². The number of rotatable bonds is 4. The first-order chi connectivity index (χ1) is 6.30. The third-order valence-electron chi connectivity index (χ3n) is 2.28. The largest absolute Gasteiger partial charge is 0.383 e. The zero-order valence-corrected chi connectivity index (χ0v) is 10.0. The Labute approximate surface area is 87.1 Å². The van der Waals surface area contributed by atoms with Gasteiger partial charge in [0.05, 0.1) is 0 Å². The van der Waals surface area contributed by atoms with Gasteiger partial charge >= 0.3 is 0 Å². The van der Waals surface area contributed by atoms with Gasteiger partial charge in [0.1, 0.15) is 6.10 Å². The van der Waals surface area contributed by atoms with Crippen LogP contribution in [0, 0.1) is 5.41 Å². The number of likely N-dealkylation sites (N-methyl/N-ethyl adjacent to an activating group) is 1. The van der Waals surface area contributed by atoms with Crippen LogP contribution < -0.4 is 0 Å². The summed E-state index contributed by atoms with van der Waals surface area (Å²) in [7, 11) is 1.74. The molecule has 84 valence electrons. The maximum Gasteiger partial charge on any atom is 0.251 e. The molecule has 1 unspecified atom stereocenters. The van der Waals surface area contributed by atoms with Gasteiger partial charge in [0.15, 0.2) is 0 Å². The molecule has 0 aromatic rings. The van der Waals surface area contributed by atoms with E-state index >= 15 is 0 Å². The summed E-state index contributed by atoms with van der Waals surface area (Å²) in [5.74, 6) is -0.175. The average Bonchev–Trinajstić information content (AvgIpc) is 2.10. The highest BCUT2D eigenvalue weighted by Gasteiger charge is 2.30. The normalized spacial score (nSPS) is 13.9. The van der Waals surface area contributed by atoms with Gasteiger partial charge in [-0.25, -0.2) is 0 Å². The van der Waals surface area contributed by atoms with Gasteiger partial charge in [0.2, 0.25) is 0 Å². The fourth-order valence-corrected chi connectivity index (χ4v) is 1.08. The fraction of sp³-hybridized carbons (Fsp3) is 0.909. The van der Waals surface area contributed by atoms with Crippen molar-refractivity contribution >= 4 is 5.91 Å². The van der Waals surface area contributed by atoms with Crippen molar-refractivity contribution in [2.45, 2.75) is 46.6 Å². The van der Waals surface area contributed by atoms with E-state index in [1.807, 2.05) is 20.8 Å². The highest BCUT2D eigenvalue weighted by Crippen LogP contribution is 2.20. The predicted molar refractivity (Wildman–Crippen MR) is 58.0 cm³/mol. The Morgan fingerprint density at radius 1 is 1.43 bits per heavy atom. The van der Waals surface area contributed by atoms with Gasteiger partial charge in [-0.05, 0) is 11.8 Å². The van der Waals surface area contributed by atoms with Crippen LogP contribution in [0.4, 0.5) is 0 Å². The first kappa shape index (κ1) is 13.4. The number of nitrogens with zero attached hydrogens (tertiary/aromatic N) is 1. The zero-order chi connectivity index (χ0) is 11.4. The van der Waals surface area contributed by atoms with Crippen molar-refractivity contribution in [3.8, 4) is 0 Å². The average molecular weight is 201 g/mol. The van der Waals surface area contributed by atoms with Crippen LogP contribution in [0.2, 0.25) is 0 Å². The molecule has 3 heteroatoms. The van der Waals surface area contributed by atoms with E-state index in [1.165, 1.54) is 0 Å². The summed E-state index contributed by atoms with van der Waals surface area (Å²) in [6.45, 7) is 8.40. The molecule has 0 aliphatic heterocycles. The number of unbranched alkanes of at least 4 members (excludes halogenated alkanes) is 1. The quantitative estimate of drug-likeness (QED) is 0.751. The fourth-order valence-electron chi connectivity index (χ4n) is 1.08. The molecule has 0 spiro atoms. The number of hydrogen-bond donors (Lipinski definition) is 1. The summed E-state index contributed by atoms with van der Waals surface area (Å²) in [6.07, 6.45) is 1.15. The Hall–Kier alpha value is -0.570. The van der Waals surface area contributed by atoms with Crippen LogP contribution in [-0.4, -0.2) is 35.6 Å². The van der Waals surface area contributed by atoms with Gasteiger partial charge in [0, 0.05) is 13.6 Å². The molecular weight excluding hydrogens is 178 g/mol. The van der Waals surface area contributed by atoms with Crippen LogP contribution in [-0.2, 0) is 4.79 Å². The van der Waals surface area contributed by atoms with Crippen molar-refractivity contribution in [2.75, 3.05) is 13.6 Å². The summed E-state index contributed by atoms with van der Waals surface area (Å²) >= 11 is 0. The molecule has 0 bridgehead atoms. The second-order valence-corrected chi connectivity index (χ2v) is 4.88. The first-order valence-corrected chi connectivity index (χ1v) is 5.23. The molecule has 0 saturated heterocycles. The third-order valence-corrected chi connectivity index (χ3v) is 2.28. The molecule has 0 aromatic carbocycles. The lowest BCUT2D eigenvalue weighted by atomic mass is 9.88. The van der Waals surface area contributed by atoms with E-state index in [0.717, 1.165) is 19.4 Å². The SMILES string of the molecule is CCCCN(C)C(=O)C(O)C(C)(C)C. The van der Waals surface area contributed by atoms with Crippen LogP contribution in [0.15, 0.2) is 0 Å². The zero-order valence-electron chi connectivity index (χ0n) is 10.0. The minimum atomic E-state index is -0.899. The van der Waals surface area contributed by atoms with Gasteiger partial charge in [-0.15, -0.1) is 0 Å². The van der Waals surface area contributed by atoms with Crippen LogP contribution in [0.3, 0.4) is 0 Å². The summed E-state index contributed by atoms with van der Waals surface area (Å²) in [5.41, 5.74) is -0.377. The minimum Gasteiger partial charge on any atom is -0.383 e. The van der Waals surface area contributed by atoms with E-state index in [0.29, 0.717) is 0 Å². The molecule has 1 amide bonds. The van der Waals surface area contributed by atoms with Crippen molar-refractivity contribution in [3.05, 3.63) is 0 Å². The lowest BCUT2D eigenvalue weighted by Gasteiger charge is -2.28. The van der Waals surface area contributed by atoms with E-state index in [-0.39, 0.29) is 11.3 Å². The molecule has 0 aromatic heterocycles. The summed E-state index contributed by atoms with van der Waals surface area (Å²) in [6, 6.07) is 0. The van der Waals surface area contributed by atoms with Gasteiger partial charge in [-0.2, -0.15) is 0 Å². The molecule has 3 nitrogen and oxygen atoms in total. The molecular formula is C11H23NO2. The smallest absolute Gasteiger partial charge is 0.251 e. The van der Waals surface area contributed by atoms with E-state index in [1.54, 1.807) is 11.9 Å². The van der Waals surface area contributed by atoms with E-state index in [2.05, 4.69) is 6.92 Å². The van der Waals surface area contributed by atoms with Gasteiger partial charge < -0.3 is 10.0 Å². The number of carbonyl (C=O) groups excluding carboxylic acids is 1. The minimum absolute atomic E-state index is 0.175. The molecule has 1 atom stereocenters. The molecule has 0 saturated carbocycles. The lowest BCUT2D eigenvalue weighted by Crippen LogP contribution is -2.43. The first-order valence-electron chi connectivity index (χ1n) is 5.23. The van der Waals surface area contributed by atoms with Crippen molar-refractivity contribution in [1.29, 1.82) is 0 Å². The topological polar surface area (TPSA) is 40.5 Å². The Morgan fingerprint density at radius 3 is 2.29 bits per heavy atom. The highest BCUT2D eigenvalue weighted by molar-refractivity contribution is 5.81. The summed E-state index contributed by atoms with van der Waals surface area (Å²) in [4.78, 5) is 13.3. The Bertz CT molecular complexity index is 184. The van der Waals surface area contributed by atoms with E-state index in [4.69, 9.17) is 0 Å². The van der Waals surface area contributed by atoms with Crippen LogP contribution in [0.25, 0.3) is 0 Å². The third kappa shape index (κ3) is 4.09. The molecule has 1 N–H and O–H groups in total. The molecule has 0 rings (SSSR count). The lowest BCUT2D eigenvalue weighted by molar-refractivity contribution is -0.144. The molecule has 0 aliphatic rings. The molecule has 14 heavy (non-hydrogen) atoms. The highest BCUT2D eigenvalue weighted by atomic mass is 16.3. The maximum absolute atomic E-state index is 11.7. The second kappa shape index (κ2) is 5.35. The number of aliphatic hydroxyl groups is 1.